The number of benzene rings is 1. The van der Waals surface area contributed by atoms with Gasteiger partial charge in [0.15, 0.2) is 0 Å². The highest BCUT2D eigenvalue weighted by atomic mass is 16.5. The molecule has 0 spiro atoms. The molecule has 1 aliphatic heterocycles. The number of nitrogens with zero attached hydrogens (tertiary/aromatic N) is 1. The fourth-order valence-corrected chi connectivity index (χ4v) is 3.13. The second-order valence-electron chi connectivity index (χ2n) is 6.06. The van der Waals surface area contributed by atoms with Gasteiger partial charge in [-0.3, -0.25) is 4.98 Å². The maximum atomic E-state index is 5.21. The van der Waals surface area contributed by atoms with Gasteiger partial charge in [-0.15, -0.1) is 0 Å². The highest BCUT2D eigenvalue weighted by molar-refractivity contribution is 5.26. The van der Waals surface area contributed by atoms with Crippen LogP contribution in [-0.4, -0.2) is 38.3 Å². The van der Waals surface area contributed by atoms with E-state index in [1.54, 1.807) is 16.9 Å². The molecule has 2 aromatic rings. The molecule has 1 aliphatic rings. The van der Waals surface area contributed by atoms with Crippen molar-refractivity contribution in [3.8, 4) is 5.75 Å². The first-order valence-electron chi connectivity index (χ1n) is 8.02. The lowest BCUT2D eigenvalue weighted by molar-refractivity contribution is -1.02. The van der Waals surface area contributed by atoms with Crippen LogP contribution in [0, 0.1) is 0 Å². The van der Waals surface area contributed by atoms with E-state index in [1.807, 2.05) is 18.5 Å². The molecule has 0 bridgehead atoms. The summed E-state index contributed by atoms with van der Waals surface area (Å²) in [6.07, 6.45) is 3.83. The summed E-state index contributed by atoms with van der Waals surface area (Å²) in [4.78, 5) is 7.56. The molecule has 0 aliphatic carbocycles. The average Bonchev–Trinajstić information content (AvgIpc) is 2.58. The predicted octanol–water partition coefficient (Wildman–Crippen LogP) is -0.426. The van der Waals surface area contributed by atoms with Gasteiger partial charge in [-0.1, -0.05) is 6.07 Å². The fourth-order valence-electron chi connectivity index (χ4n) is 3.13. The number of piperazine rings is 1. The topological polar surface area (TPSA) is 31.0 Å². The van der Waals surface area contributed by atoms with Gasteiger partial charge in [0.2, 0.25) is 0 Å². The first kappa shape index (κ1) is 15.0. The van der Waals surface area contributed by atoms with Crippen molar-refractivity contribution in [2.24, 2.45) is 0 Å². The molecule has 4 nitrogen and oxygen atoms in total. The highest BCUT2D eigenvalue weighted by Gasteiger charge is 2.23. The summed E-state index contributed by atoms with van der Waals surface area (Å²) in [5.74, 6) is 0.935. The Morgan fingerprint density at radius 2 is 1.55 bits per heavy atom. The Bertz CT molecular complexity index is 563. The van der Waals surface area contributed by atoms with Crippen molar-refractivity contribution in [3.63, 3.8) is 0 Å². The summed E-state index contributed by atoms with van der Waals surface area (Å²) in [5.41, 5.74) is 2.74. The monoisotopic (exact) mass is 299 g/mol. The normalized spacial score (nSPS) is 21.5. The van der Waals surface area contributed by atoms with Crippen molar-refractivity contribution >= 4 is 0 Å². The van der Waals surface area contributed by atoms with Gasteiger partial charge in [-0.2, -0.15) is 0 Å². The van der Waals surface area contributed by atoms with Crippen LogP contribution in [0.25, 0.3) is 0 Å². The summed E-state index contributed by atoms with van der Waals surface area (Å²) < 4.78 is 5.21. The van der Waals surface area contributed by atoms with Gasteiger partial charge < -0.3 is 14.5 Å². The van der Waals surface area contributed by atoms with Crippen LogP contribution in [0.5, 0.6) is 5.75 Å². The fraction of sp³-hybridized carbons (Fsp3) is 0.389. The van der Waals surface area contributed by atoms with Gasteiger partial charge >= 0.3 is 0 Å². The average molecular weight is 299 g/mol. The molecule has 2 N–H and O–H groups in total. The minimum Gasteiger partial charge on any atom is -0.497 e. The van der Waals surface area contributed by atoms with Crippen LogP contribution in [0.15, 0.2) is 48.8 Å². The van der Waals surface area contributed by atoms with Crippen LogP contribution >= 0.6 is 0 Å². The van der Waals surface area contributed by atoms with Crippen molar-refractivity contribution in [2.45, 2.75) is 13.1 Å². The molecular weight excluding hydrogens is 274 g/mol. The second-order valence-corrected chi connectivity index (χ2v) is 6.06. The van der Waals surface area contributed by atoms with Crippen LogP contribution in [0.4, 0.5) is 0 Å². The van der Waals surface area contributed by atoms with Crippen LogP contribution in [0.1, 0.15) is 11.1 Å². The third-order valence-corrected chi connectivity index (χ3v) is 4.45. The Morgan fingerprint density at radius 3 is 2.09 bits per heavy atom. The molecule has 3 rings (SSSR count). The zero-order valence-electron chi connectivity index (χ0n) is 13.2. The van der Waals surface area contributed by atoms with Gasteiger partial charge in [0.25, 0.3) is 0 Å². The number of methoxy groups -OCH3 is 1. The summed E-state index contributed by atoms with van der Waals surface area (Å²) in [6, 6.07) is 12.7. The van der Waals surface area contributed by atoms with E-state index >= 15 is 0 Å². The number of quaternary nitrogens is 2. The first-order chi connectivity index (χ1) is 10.8. The van der Waals surface area contributed by atoms with Crippen LogP contribution < -0.4 is 14.5 Å². The standard InChI is InChI=1S/C18H23N3O/c1-22-18-6-4-16(5-7-18)14-20-9-11-21(12-10-20)15-17-3-2-8-19-13-17/h2-8,13H,9-12,14-15H2,1H3/p+2. The zero-order valence-corrected chi connectivity index (χ0v) is 13.2. The number of ether oxygens (including phenoxy) is 1. The first-order valence-corrected chi connectivity index (χ1v) is 8.02. The number of pyridine rings is 1. The molecule has 0 amide bonds. The minimum atomic E-state index is 0.935. The lowest BCUT2D eigenvalue weighted by Gasteiger charge is -2.29. The summed E-state index contributed by atoms with van der Waals surface area (Å²) in [6.45, 7) is 7.16. The highest BCUT2D eigenvalue weighted by Crippen LogP contribution is 2.10. The molecule has 1 saturated heterocycles. The van der Waals surface area contributed by atoms with Crippen LogP contribution in [0.3, 0.4) is 0 Å². The molecule has 116 valence electrons. The summed E-state index contributed by atoms with van der Waals surface area (Å²) in [5, 5.41) is 0. The molecular formula is C18H25N3O+2. The molecule has 0 unspecified atom stereocenters. The van der Waals surface area contributed by atoms with Gasteiger partial charge in [0, 0.05) is 23.5 Å². The molecule has 0 saturated carbocycles. The lowest BCUT2D eigenvalue weighted by atomic mass is 10.2. The second kappa shape index (κ2) is 7.38. The van der Waals surface area contributed by atoms with E-state index < -0.39 is 0 Å². The largest absolute Gasteiger partial charge is 0.497 e. The summed E-state index contributed by atoms with van der Waals surface area (Å²) >= 11 is 0. The Morgan fingerprint density at radius 1 is 0.909 bits per heavy atom. The number of hydrogen-bond donors (Lipinski definition) is 2. The molecule has 0 atom stereocenters. The third-order valence-electron chi connectivity index (χ3n) is 4.45. The van der Waals surface area contributed by atoms with E-state index in [0.29, 0.717) is 0 Å². The Balaban J connectivity index is 1.47. The molecule has 1 aromatic heterocycles. The minimum absolute atomic E-state index is 0.935. The quantitative estimate of drug-likeness (QED) is 0.785. The van der Waals surface area contributed by atoms with Gasteiger partial charge in [0.1, 0.15) is 45.0 Å². The van der Waals surface area contributed by atoms with Gasteiger partial charge in [-0.05, 0) is 30.3 Å². The Hall–Kier alpha value is -1.91. The molecule has 2 heterocycles. The summed E-state index contributed by atoms with van der Waals surface area (Å²) in [7, 11) is 1.71. The Labute approximate surface area is 132 Å². The SMILES string of the molecule is COc1ccc(C[NH+]2CC[NH+](Cc3cccnc3)CC2)cc1. The molecule has 1 fully saturated rings. The smallest absolute Gasteiger partial charge is 0.127 e. The third kappa shape index (κ3) is 4.06. The Kier molecular flexibility index (Phi) is 5.03. The number of hydrogen-bond acceptors (Lipinski definition) is 2. The van der Waals surface area contributed by atoms with Crippen molar-refractivity contribution in [1.82, 2.24) is 4.98 Å². The molecule has 4 heteroatoms. The van der Waals surface area contributed by atoms with Crippen LogP contribution in [0.2, 0.25) is 0 Å². The van der Waals surface area contributed by atoms with E-state index in [4.69, 9.17) is 4.74 Å². The predicted molar refractivity (Wildman–Crippen MR) is 86.0 cm³/mol. The molecule has 22 heavy (non-hydrogen) atoms. The van der Waals surface area contributed by atoms with Crippen molar-refractivity contribution in [1.29, 1.82) is 0 Å². The van der Waals surface area contributed by atoms with Gasteiger partial charge in [-0.25, -0.2) is 0 Å². The maximum Gasteiger partial charge on any atom is 0.127 e. The number of nitrogens with one attached hydrogen (secondary N) is 2. The maximum absolute atomic E-state index is 5.21. The zero-order chi connectivity index (χ0) is 15.2. The van der Waals surface area contributed by atoms with Crippen LogP contribution in [-0.2, 0) is 13.1 Å². The van der Waals surface area contributed by atoms with Crippen molar-refractivity contribution in [2.75, 3.05) is 33.3 Å². The molecule has 0 radical (unpaired) electrons. The number of aromatic nitrogens is 1. The van der Waals surface area contributed by atoms with E-state index in [0.717, 1.165) is 18.8 Å². The van der Waals surface area contributed by atoms with E-state index in [2.05, 4.69) is 35.3 Å². The number of rotatable bonds is 5. The van der Waals surface area contributed by atoms with E-state index in [1.165, 1.54) is 37.3 Å². The lowest BCUT2D eigenvalue weighted by Crippen LogP contribution is -3.27. The van der Waals surface area contributed by atoms with Gasteiger partial charge in [0.05, 0.1) is 7.11 Å². The van der Waals surface area contributed by atoms with E-state index in [-0.39, 0.29) is 0 Å². The molecule has 1 aromatic carbocycles. The van der Waals surface area contributed by atoms with Crippen molar-refractivity contribution in [3.05, 3.63) is 59.9 Å². The van der Waals surface area contributed by atoms with E-state index in [9.17, 15) is 0 Å². The van der Waals surface area contributed by atoms with Crippen molar-refractivity contribution < 1.29 is 14.5 Å².